The number of rotatable bonds is 4. The number of hydrogen-bond donors (Lipinski definition) is 1. The molecule has 0 saturated heterocycles. The Labute approximate surface area is 126 Å². The maximum absolute atomic E-state index is 11.8. The Morgan fingerprint density at radius 3 is 2.45 bits per heavy atom. The molecule has 0 spiro atoms. The summed E-state index contributed by atoms with van der Waals surface area (Å²) in [6.45, 7) is 2.03. The largest absolute Gasteiger partial charge is 0.271 e. The van der Waals surface area contributed by atoms with Crippen LogP contribution in [0.25, 0.3) is 0 Å². The van der Waals surface area contributed by atoms with Crippen LogP contribution in [0.3, 0.4) is 0 Å². The zero-order valence-electron chi connectivity index (χ0n) is 11.1. The molecule has 0 aliphatic rings. The number of halogens is 1. The molecule has 0 radical (unpaired) electrons. The fourth-order valence-corrected chi connectivity index (χ4v) is 1.98. The molecule has 0 saturated carbocycles. The molecule has 0 aromatic heterocycles. The molecule has 0 aliphatic carbocycles. The fourth-order valence-electron chi connectivity index (χ4n) is 1.72. The predicted molar refractivity (Wildman–Crippen MR) is 85.0 cm³/mol. The second-order valence-corrected chi connectivity index (χ2v) is 5.34. The molecule has 2 rings (SSSR count). The summed E-state index contributed by atoms with van der Waals surface area (Å²) in [5.41, 5.74) is 4.28. The van der Waals surface area contributed by atoms with Crippen LogP contribution in [-0.4, -0.2) is 12.1 Å². The Kier molecular flexibility index (Phi) is 5.07. The van der Waals surface area contributed by atoms with Crippen molar-refractivity contribution < 1.29 is 4.79 Å². The van der Waals surface area contributed by atoms with Crippen LogP contribution >= 0.6 is 15.9 Å². The Morgan fingerprint density at radius 1 is 1.15 bits per heavy atom. The summed E-state index contributed by atoms with van der Waals surface area (Å²) in [6.07, 6.45) is 1.73. The van der Waals surface area contributed by atoms with Gasteiger partial charge >= 0.3 is 0 Å². The van der Waals surface area contributed by atoms with Gasteiger partial charge in [-0.25, -0.2) is 5.43 Å². The smallest absolute Gasteiger partial charge is 0.267 e. The molecule has 2 aromatic rings. The van der Waals surface area contributed by atoms with Crippen molar-refractivity contribution in [3.63, 3.8) is 0 Å². The average molecular weight is 331 g/mol. The summed E-state index contributed by atoms with van der Waals surface area (Å²) in [5, 5.41) is 4.01. The topological polar surface area (TPSA) is 41.5 Å². The van der Waals surface area contributed by atoms with E-state index < -0.39 is 0 Å². The van der Waals surface area contributed by atoms with E-state index in [0.29, 0.717) is 5.56 Å². The number of carbonyl (C=O) groups is 1. The lowest BCUT2D eigenvalue weighted by Crippen LogP contribution is -2.17. The monoisotopic (exact) mass is 330 g/mol. The van der Waals surface area contributed by atoms with E-state index >= 15 is 0 Å². The van der Waals surface area contributed by atoms with Crippen molar-refractivity contribution in [2.45, 2.75) is 12.8 Å². The number of nitrogens with zero attached hydrogens (tertiary/aromatic N) is 1. The third-order valence-corrected chi connectivity index (χ3v) is 3.42. The highest BCUT2D eigenvalue weighted by molar-refractivity contribution is 9.10. The van der Waals surface area contributed by atoms with Crippen LogP contribution in [0.2, 0.25) is 0 Å². The normalized spacial score (nSPS) is 12.3. The number of hydrogen-bond acceptors (Lipinski definition) is 2. The molecule has 1 N–H and O–H groups in total. The van der Waals surface area contributed by atoms with Gasteiger partial charge in [0, 0.05) is 22.2 Å². The summed E-state index contributed by atoms with van der Waals surface area (Å²) >= 11 is 3.33. The number of hydrazone groups is 1. The molecule has 20 heavy (non-hydrogen) atoms. The molecular weight excluding hydrogens is 316 g/mol. The van der Waals surface area contributed by atoms with E-state index in [1.54, 1.807) is 18.3 Å². The van der Waals surface area contributed by atoms with Crippen LogP contribution < -0.4 is 5.43 Å². The molecule has 0 unspecified atom stereocenters. The number of benzene rings is 2. The zero-order chi connectivity index (χ0) is 14.4. The van der Waals surface area contributed by atoms with Crippen LogP contribution in [0.1, 0.15) is 28.8 Å². The maximum atomic E-state index is 11.8. The molecule has 0 heterocycles. The first-order chi connectivity index (χ1) is 9.66. The Hall–Kier alpha value is -1.94. The van der Waals surface area contributed by atoms with Gasteiger partial charge in [0.2, 0.25) is 0 Å². The third-order valence-electron chi connectivity index (χ3n) is 2.90. The average Bonchev–Trinajstić information content (AvgIpc) is 2.48. The van der Waals surface area contributed by atoms with Gasteiger partial charge in [-0.3, -0.25) is 4.79 Å². The van der Waals surface area contributed by atoms with E-state index in [1.807, 2.05) is 49.4 Å². The van der Waals surface area contributed by atoms with E-state index in [2.05, 4.69) is 26.5 Å². The molecule has 1 atom stereocenters. The van der Waals surface area contributed by atoms with Gasteiger partial charge in [-0.2, -0.15) is 5.10 Å². The lowest BCUT2D eigenvalue weighted by Gasteiger charge is -2.05. The quantitative estimate of drug-likeness (QED) is 0.668. The molecule has 1 amide bonds. The minimum Gasteiger partial charge on any atom is -0.267 e. The van der Waals surface area contributed by atoms with E-state index in [9.17, 15) is 4.79 Å². The summed E-state index contributed by atoms with van der Waals surface area (Å²) in [7, 11) is 0. The number of carbonyl (C=O) groups excluding carboxylic acids is 1. The Balaban J connectivity index is 1.93. The highest BCUT2D eigenvalue weighted by atomic mass is 79.9. The Bertz CT molecular complexity index is 594. The van der Waals surface area contributed by atoms with E-state index in [1.165, 1.54) is 0 Å². The highest BCUT2D eigenvalue weighted by Gasteiger charge is 2.04. The molecule has 2 aromatic carbocycles. The van der Waals surface area contributed by atoms with Gasteiger partial charge in [0.05, 0.1) is 0 Å². The van der Waals surface area contributed by atoms with Gasteiger partial charge in [0.15, 0.2) is 0 Å². The first-order valence-electron chi connectivity index (χ1n) is 6.31. The molecule has 102 valence electrons. The fraction of sp³-hybridized carbons (Fsp3) is 0.125. The lowest BCUT2D eigenvalue weighted by molar-refractivity contribution is 0.0955. The molecule has 0 aliphatic heterocycles. The van der Waals surface area contributed by atoms with E-state index in [0.717, 1.165) is 10.0 Å². The summed E-state index contributed by atoms with van der Waals surface area (Å²) in [4.78, 5) is 11.8. The van der Waals surface area contributed by atoms with Crippen LogP contribution in [0.5, 0.6) is 0 Å². The zero-order valence-corrected chi connectivity index (χ0v) is 12.7. The molecule has 4 heteroatoms. The van der Waals surface area contributed by atoms with Crippen LogP contribution in [0.15, 0.2) is 64.2 Å². The van der Waals surface area contributed by atoms with Crippen molar-refractivity contribution in [3.05, 3.63) is 70.2 Å². The van der Waals surface area contributed by atoms with E-state index in [-0.39, 0.29) is 11.8 Å². The van der Waals surface area contributed by atoms with E-state index in [4.69, 9.17) is 0 Å². The standard InChI is InChI=1S/C16H15BrN2O/c1-12(13-5-3-2-4-6-13)11-18-19-16(20)14-7-9-15(17)10-8-14/h2-12H,1H3,(H,19,20)/b18-11+/t12-/m0/s1. The van der Waals surface area contributed by atoms with Gasteiger partial charge in [0.25, 0.3) is 5.91 Å². The van der Waals surface area contributed by atoms with Gasteiger partial charge in [-0.15, -0.1) is 0 Å². The molecule has 3 nitrogen and oxygen atoms in total. The first kappa shape index (κ1) is 14.5. The predicted octanol–water partition coefficient (Wildman–Crippen LogP) is 3.97. The van der Waals surface area contributed by atoms with Gasteiger partial charge < -0.3 is 0 Å². The summed E-state index contributed by atoms with van der Waals surface area (Å²) in [5.74, 6) is -0.0598. The molecule has 0 fully saturated rings. The summed E-state index contributed by atoms with van der Waals surface area (Å²) in [6, 6.07) is 17.2. The first-order valence-corrected chi connectivity index (χ1v) is 7.10. The van der Waals surface area contributed by atoms with Gasteiger partial charge in [0.1, 0.15) is 0 Å². The van der Waals surface area contributed by atoms with Crippen molar-refractivity contribution >= 4 is 28.1 Å². The third kappa shape index (κ3) is 4.03. The van der Waals surface area contributed by atoms with Crippen LogP contribution in [0, 0.1) is 0 Å². The molecular formula is C16H15BrN2O. The minimum atomic E-state index is -0.214. The number of nitrogens with one attached hydrogen (secondary N) is 1. The summed E-state index contributed by atoms with van der Waals surface area (Å²) < 4.78 is 0.940. The van der Waals surface area contributed by atoms with Crippen LogP contribution in [0.4, 0.5) is 0 Å². The van der Waals surface area contributed by atoms with Crippen molar-refractivity contribution in [2.75, 3.05) is 0 Å². The maximum Gasteiger partial charge on any atom is 0.271 e. The lowest BCUT2D eigenvalue weighted by atomic mass is 10.0. The highest BCUT2D eigenvalue weighted by Crippen LogP contribution is 2.12. The minimum absolute atomic E-state index is 0.154. The van der Waals surface area contributed by atoms with Crippen LogP contribution in [-0.2, 0) is 0 Å². The second kappa shape index (κ2) is 7.01. The second-order valence-electron chi connectivity index (χ2n) is 4.43. The molecule has 0 bridgehead atoms. The SMILES string of the molecule is C[C@@H](/C=N/NC(=O)c1ccc(Br)cc1)c1ccccc1. The van der Waals surface area contributed by atoms with Crippen molar-refractivity contribution in [1.82, 2.24) is 5.43 Å². The number of amides is 1. The van der Waals surface area contributed by atoms with Crippen molar-refractivity contribution in [1.29, 1.82) is 0 Å². The van der Waals surface area contributed by atoms with Crippen molar-refractivity contribution in [3.8, 4) is 0 Å². The van der Waals surface area contributed by atoms with Crippen molar-refractivity contribution in [2.24, 2.45) is 5.10 Å². The van der Waals surface area contributed by atoms with Gasteiger partial charge in [-0.1, -0.05) is 53.2 Å². The van der Waals surface area contributed by atoms with Gasteiger partial charge in [-0.05, 0) is 29.8 Å². The Morgan fingerprint density at radius 2 is 1.80 bits per heavy atom.